The summed E-state index contributed by atoms with van der Waals surface area (Å²) in [5, 5.41) is 14.4. The second-order valence-electron chi connectivity index (χ2n) is 6.88. The van der Waals surface area contributed by atoms with Crippen LogP contribution in [0.5, 0.6) is 11.5 Å². The van der Waals surface area contributed by atoms with E-state index in [9.17, 15) is 5.11 Å². The molecule has 4 rings (SSSR count). The summed E-state index contributed by atoms with van der Waals surface area (Å²) in [6, 6.07) is 26.6. The van der Waals surface area contributed by atoms with Gasteiger partial charge >= 0.3 is 0 Å². The van der Waals surface area contributed by atoms with Crippen molar-refractivity contribution in [1.29, 1.82) is 0 Å². The highest BCUT2D eigenvalue weighted by molar-refractivity contribution is 6.01. The van der Waals surface area contributed by atoms with Gasteiger partial charge in [0.15, 0.2) is 0 Å². The Balaban J connectivity index is 1.72. The highest BCUT2D eigenvalue weighted by Gasteiger charge is 2.10. The number of nitrogens with one attached hydrogen (secondary N) is 1. The van der Waals surface area contributed by atoms with Crippen molar-refractivity contribution in [2.24, 2.45) is 5.10 Å². The number of para-hydroxylation sites is 1. The maximum atomic E-state index is 10.1. The quantitative estimate of drug-likeness (QED) is 0.330. The summed E-state index contributed by atoms with van der Waals surface area (Å²) >= 11 is 0. The molecular formula is C25H22N4O2. The van der Waals surface area contributed by atoms with Gasteiger partial charge in [-0.2, -0.15) is 5.10 Å². The van der Waals surface area contributed by atoms with Crippen LogP contribution >= 0.6 is 0 Å². The SMILES string of the molecule is COc1ccc(-c2cc(-c3ccccc3)nc(NN=C(C)c3ccccc3O)n2)cc1. The van der Waals surface area contributed by atoms with Crippen molar-refractivity contribution in [3.63, 3.8) is 0 Å². The van der Waals surface area contributed by atoms with Gasteiger partial charge in [0.25, 0.3) is 0 Å². The van der Waals surface area contributed by atoms with Crippen LogP contribution in [-0.4, -0.2) is 27.9 Å². The number of benzene rings is 3. The fourth-order valence-corrected chi connectivity index (χ4v) is 3.14. The second kappa shape index (κ2) is 9.09. The maximum Gasteiger partial charge on any atom is 0.244 e. The van der Waals surface area contributed by atoms with Gasteiger partial charge in [-0.25, -0.2) is 15.4 Å². The Hall–Kier alpha value is -4.19. The van der Waals surface area contributed by atoms with E-state index in [2.05, 4.69) is 20.5 Å². The molecule has 0 aliphatic carbocycles. The first-order valence-corrected chi connectivity index (χ1v) is 9.81. The monoisotopic (exact) mass is 410 g/mol. The molecule has 2 N–H and O–H groups in total. The third-order valence-corrected chi connectivity index (χ3v) is 4.80. The van der Waals surface area contributed by atoms with Gasteiger partial charge in [0.1, 0.15) is 11.5 Å². The van der Waals surface area contributed by atoms with Crippen LogP contribution in [0.3, 0.4) is 0 Å². The number of hydrogen-bond acceptors (Lipinski definition) is 6. The van der Waals surface area contributed by atoms with E-state index < -0.39 is 0 Å². The van der Waals surface area contributed by atoms with Gasteiger partial charge in [-0.05, 0) is 49.4 Å². The Bertz CT molecular complexity index is 1210. The van der Waals surface area contributed by atoms with Crippen molar-refractivity contribution >= 4 is 11.7 Å². The van der Waals surface area contributed by atoms with Crippen LogP contribution in [0.15, 0.2) is 90.0 Å². The van der Waals surface area contributed by atoms with E-state index in [-0.39, 0.29) is 5.75 Å². The number of anilines is 1. The second-order valence-corrected chi connectivity index (χ2v) is 6.88. The first kappa shape index (κ1) is 20.1. The molecule has 0 spiro atoms. The highest BCUT2D eigenvalue weighted by Crippen LogP contribution is 2.26. The standard InChI is InChI=1S/C25H22N4O2/c1-17(21-10-6-7-11-24(21)30)28-29-25-26-22(18-8-4-3-5-9-18)16-23(27-25)19-12-14-20(31-2)15-13-19/h3-16,30H,1-2H3,(H,26,27,29). The number of ether oxygens (including phenoxy) is 1. The number of hydrogen-bond donors (Lipinski definition) is 2. The van der Waals surface area contributed by atoms with Gasteiger partial charge in [0.05, 0.1) is 24.2 Å². The van der Waals surface area contributed by atoms with Gasteiger partial charge in [-0.15, -0.1) is 0 Å². The van der Waals surface area contributed by atoms with Crippen LogP contribution in [0.1, 0.15) is 12.5 Å². The van der Waals surface area contributed by atoms with Crippen LogP contribution in [-0.2, 0) is 0 Å². The molecule has 0 fully saturated rings. The Kier molecular flexibility index (Phi) is 5.89. The number of nitrogens with zero attached hydrogens (tertiary/aromatic N) is 3. The van der Waals surface area contributed by atoms with E-state index in [4.69, 9.17) is 4.74 Å². The van der Waals surface area contributed by atoms with Crippen LogP contribution in [0, 0.1) is 0 Å². The van der Waals surface area contributed by atoms with E-state index in [0.29, 0.717) is 17.2 Å². The average molecular weight is 410 g/mol. The number of hydrazone groups is 1. The molecule has 0 aliphatic rings. The van der Waals surface area contributed by atoms with Crippen LogP contribution in [0.2, 0.25) is 0 Å². The molecule has 0 atom stereocenters. The average Bonchev–Trinajstić information content (AvgIpc) is 2.83. The van der Waals surface area contributed by atoms with Gasteiger partial charge < -0.3 is 9.84 Å². The fraction of sp³-hybridized carbons (Fsp3) is 0.0800. The predicted octanol–water partition coefficient (Wildman–Crippen LogP) is 5.36. The Morgan fingerprint density at radius 2 is 1.45 bits per heavy atom. The molecule has 31 heavy (non-hydrogen) atoms. The van der Waals surface area contributed by atoms with E-state index >= 15 is 0 Å². The lowest BCUT2D eigenvalue weighted by Gasteiger charge is -2.10. The molecule has 0 bridgehead atoms. The minimum absolute atomic E-state index is 0.170. The molecule has 4 aromatic rings. The summed E-state index contributed by atoms with van der Waals surface area (Å²) < 4.78 is 5.26. The van der Waals surface area contributed by atoms with Crippen molar-refractivity contribution in [2.75, 3.05) is 12.5 Å². The molecule has 0 radical (unpaired) electrons. The number of aromatic hydroxyl groups is 1. The first-order valence-electron chi connectivity index (χ1n) is 9.81. The van der Waals surface area contributed by atoms with Crippen molar-refractivity contribution in [1.82, 2.24) is 9.97 Å². The van der Waals surface area contributed by atoms with E-state index in [1.54, 1.807) is 25.3 Å². The summed E-state index contributed by atoms with van der Waals surface area (Å²) in [6.07, 6.45) is 0. The lowest BCUT2D eigenvalue weighted by atomic mass is 10.1. The van der Waals surface area contributed by atoms with Gasteiger partial charge in [0.2, 0.25) is 5.95 Å². The number of rotatable bonds is 6. The molecule has 6 heteroatoms. The van der Waals surface area contributed by atoms with Crippen molar-refractivity contribution < 1.29 is 9.84 Å². The lowest BCUT2D eigenvalue weighted by Crippen LogP contribution is -2.04. The van der Waals surface area contributed by atoms with Gasteiger partial charge in [-0.1, -0.05) is 42.5 Å². The Morgan fingerprint density at radius 1 is 0.839 bits per heavy atom. The van der Waals surface area contributed by atoms with Gasteiger partial charge in [-0.3, -0.25) is 0 Å². The predicted molar refractivity (Wildman–Crippen MR) is 123 cm³/mol. The minimum Gasteiger partial charge on any atom is -0.507 e. The topological polar surface area (TPSA) is 79.6 Å². The number of methoxy groups -OCH3 is 1. The molecule has 1 aromatic heterocycles. The lowest BCUT2D eigenvalue weighted by molar-refractivity contribution is 0.415. The Morgan fingerprint density at radius 3 is 2.10 bits per heavy atom. The summed E-state index contributed by atoms with van der Waals surface area (Å²) in [6.45, 7) is 1.81. The smallest absolute Gasteiger partial charge is 0.244 e. The van der Waals surface area contributed by atoms with Crippen molar-refractivity contribution in [2.45, 2.75) is 6.92 Å². The third-order valence-electron chi connectivity index (χ3n) is 4.80. The molecule has 1 heterocycles. The fourth-order valence-electron chi connectivity index (χ4n) is 3.14. The van der Waals surface area contributed by atoms with Crippen molar-refractivity contribution in [3.05, 3.63) is 90.5 Å². The molecule has 0 saturated heterocycles. The van der Waals surface area contributed by atoms with E-state index in [1.807, 2.05) is 73.7 Å². The summed E-state index contributed by atoms with van der Waals surface area (Å²) in [5.74, 6) is 1.31. The van der Waals surface area contributed by atoms with E-state index in [1.165, 1.54) is 0 Å². The molecular weight excluding hydrogens is 388 g/mol. The van der Waals surface area contributed by atoms with Crippen LogP contribution in [0.25, 0.3) is 22.5 Å². The third kappa shape index (κ3) is 4.70. The number of phenols is 1. The maximum absolute atomic E-state index is 10.1. The minimum atomic E-state index is 0.170. The molecule has 154 valence electrons. The largest absolute Gasteiger partial charge is 0.507 e. The zero-order valence-corrected chi connectivity index (χ0v) is 17.3. The Labute approximate surface area is 180 Å². The van der Waals surface area contributed by atoms with Crippen molar-refractivity contribution in [3.8, 4) is 34.0 Å². The highest BCUT2D eigenvalue weighted by atomic mass is 16.5. The summed E-state index contributed by atoms with van der Waals surface area (Å²) in [5.41, 5.74) is 7.66. The number of phenolic OH excluding ortho intramolecular Hbond substituents is 1. The molecule has 0 saturated carbocycles. The molecule has 0 unspecified atom stereocenters. The van der Waals surface area contributed by atoms with Gasteiger partial charge in [0, 0.05) is 16.7 Å². The molecule has 0 amide bonds. The number of aromatic nitrogens is 2. The molecule has 0 aliphatic heterocycles. The van der Waals surface area contributed by atoms with Crippen LogP contribution < -0.4 is 10.2 Å². The zero-order chi connectivity index (χ0) is 21.6. The summed E-state index contributed by atoms with van der Waals surface area (Å²) in [7, 11) is 1.64. The van der Waals surface area contributed by atoms with Crippen LogP contribution in [0.4, 0.5) is 5.95 Å². The normalized spacial score (nSPS) is 11.2. The van der Waals surface area contributed by atoms with E-state index in [0.717, 1.165) is 28.3 Å². The first-order chi connectivity index (χ1) is 15.1. The molecule has 6 nitrogen and oxygen atoms in total. The zero-order valence-electron chi connectivity index (χ0n) is 17.3. The summed E-state index contributed by atoms with van der Waals surface area (Å²) in [4.78, 5) is 9.27. The molecule has 3 aromatic carbocycles.